The molecule has 0 radical (unpaired) electrons. The first-order valence-corrected chi connectivity index (χ1v) is 4.73. The van der Waals surface area contributed by atoms with Crippen molar-refractivity contribution in [2.24, 2.45) is 0 Å². The zero-order chi connectivity index (χ0) is 8.27. The molecule has 1 N–H and O–H groups in total. The lowest BCUT2D eigenvalue weighted by atomic mass is 10.1. The number of aliphatic hydroxyl groups is 1. The fraction of sp³-hybridized carbons (Fsp3) is 0.250. The van der Waals surface area contributed by atoms with Crippen molar-refractivity contribution >= 4 is 27.5 Å². The van der Waals surface area contributed by atoms with Gasteiger partial charge in [0.1, 0.15) is 0 Å². The maximum absolute atomic E-state index is 9.35. The van der Waals surface area contributed by atoms with Crippen LogP contribution in [0.25, 0.3) is 0 Å². The second kappa shape index (κ2) is 4.10. The molecule has 0 aliphatic rings. The SMILES string of the molecule is O[C@@H](CBr)c1cccc(Cl)c1. The molecular formula is C8H8BrClO. The van der Waals surface area contributed by atoms with Crippen LogP contribution in [0.4, 0.5) is 0 Å². The third-order valence-corrected chi connectivity index (χ3v) is 2.23. The van der Waals surface area contributed by atoms with Crippen LogP contribution < -0.4 is 0 Å². The Hall–Kier alpha value is -0.0500. The highest BCUT2D eigenvalue weighted by Gasteiger charge is 2.04. The standard InChI is InChI=1S/C8H8BrClO/c9-5-8(11)6-2-1-3-7(10)4-6/h1-4,8,11H,5H2/t8-/m0/s1. The van der Waals surface area contributed by atoms with Crippen LogP contribution in [0.2, 0.25) is 5.02 Å². The molecule has 0 spiro atoms. The fourth-order valence-corrected chi connectivity index (χ4v) is 1.38. The highest BCUT2D eigenvalue weighted by atomic mass is 79.9. The number of hydrogen-bond donors (Lipinski definition) is 1. The molecule has 11 heavy (non-hydrogen) atoms. The number of halogens is 2. The van der Waals surface area contributed by atoms with Gasteiger partial charge in [-0.1, -0.05) is 39.7 Å². The van der Waals surface area contributed by atoms with Crippen LogP contribution in [0.15, 0.2) is 24.3 Å². The molecule has 0 heterocycles. The first-order chi connectivity index (χ1) is 5.24. The molecule has 1 atom stereocenters. The van der Waals surface area contributed by atoms with Gasteiger partial charge < -0.3 is 5.11 Å². The Balaban J connectivity index is 2.86. The maximum Gasteiger partial charge on any atom is 0.0887 e. The van der Waals surface area contributed by atoms with Gasteiger partial charge in [0.05, 0.1) is 6.10 Å². The first kappa shape index (κ1) is 9.04. The molecule has 0 unspecified atom stereocenters. The van der Waals surface area contributed by atoms with Crippen molar-refractivity contribution in [1.29, 1.82) is 0 Å². The monoisotopic (exact) mass is 234 g/mol. The molecule has 0 saturated heterocycles. The Kier molecular flexibility index (Phi) is 3.37. The molecule has 1 nitrogen and oxygen atoms in total. The molecule has 3 heteroatoms. The lowest BCUT2D eigenvalue weighted by Gasteiger charge is -2.06. The van der Waals surface area contributed by atoms with Crippen LogP contribution in [0, 0.1) is 0 Å². The third kappa shape index (κ3) is 2.47. The van der Waals surface area contributed by atoms with Gasteiger partial charge >= 0.3 is 0 Å². The van der Waals surface area contributed by atoms with Gasteiger partial charge in [0.2, 0.25) is 0 Å². The Morgan fingerprint density at radius 2 is 2.27 bits per heavy atom. The Labute approximate surface area is 79.1 Å². The van der Waals surface area contributed by atoms with E-state index in [-0.39, 0.29) is 0 Å². The van der Waals surface area contributed by atoms with Crippen molar-refractivity contribution < 1.29 is 5.11 Å². The van der Waals surface area contributed by atoms with E-state index in [1.54, 1.807) is 12.1 Å². The number of rotatable bonds is 2. The average molecular weight is 236 g/mol. The minimum absolute atomic E-state index is 0.464. The van der Waals surface area contributed by atoms with Gasteiger partial charge in [-0.05, 0) is 17.7 Å². The van der Waals surface area contributed by atoms with Crippen LogP contribution in [0.1, 0.15) is 11.7 Å². The molecule has 1 aromatic carbocycles. The summed E-state index contributed by atoms with van der Waals surface area (Å²) < 4.78 is 0. The van der Waals surface area contributed by atoms with Crippen molar-refractivity contribution in [2.75, 3.05) is 5.33 Å². The maximum atomic E-state index is 9.35. The van der Waals surface area contributed by atoms with Gasteiger partial charge in [-0.15, -0.1) is 0 Å². The van der Waals surface area contributed by atoms with Crippen molar-refractivity contribution in [2.45, 2.75) is 6.10 Å². The summed E-state index contributed by atoms with van der Waals surface area (Å²) in [6, 6.07) is 7.21. The van der Waals surface area contributed by atoms with Crippen molar-refractivity contribution in [3.8, 4) is 0 Å². The van der Waals surface area contributed by atoms with Crippen LogP contribution in [-0.2, 0) is 0 Å². The lowest BCUT2D eigenvalue weighted by molar-refractivity contribution is 0.205. The minimum atomic E-state index is -0.464. The van der Waals surface area contributed by atoms with Crippen molar-refractivity contribution in [1.82, 2.24) is 0 Å². The largest absolute Gasteiger partial charge is 0.388 e. The van der Waals surface area contributed by atoms with Crippen LogP contribution in [0.5, 0.6) is 0 Å². The van der Waals surface area contributed by atoms with Gasteiger partial charge in [-0.25, -0.2) is 0 Å². The zero-order valence-electron chi connectivity index (χ0n) is 5.80. The summed E-state index contributed by atoms with van der Waals surface area (Å²) in [7, 11) is 0. The zero-order valence-corrected chi connectivity index (χ0v) is 8.14. The van der Waals surface area contributed by atoms with Crippen molar-refractivity contribution in [3.05, 3.63) is 34.9 Å². The summed E-state index contributed by atoms with van der Waals surface area (Å²) in [5.74, 6) is 0. The van der Waals surface area contributed by atoms with Gasteiger partial charge in [-0.3, -0.25) is 0 Å². The average Bonchev–Trinajstić information content (AvgIpc) is 2.03. The van der Waals surface area contributed by atoms with Gasteiger partial charge in [-0.2, -0.15) is 0 Å². The molecule has 0 saturated carbocycles. The summed E-state index contributed by atoms with van der Waals surface area (Å²) in [6.07, 6.45) is -0.464. The summed E-state index contributed by atoms with van der Waals surface area (Å²) >= 11 is 8.90. The summed E-state index contributed by atoms with van der Waals surface area (Å²) in [5, 5.41) is 10.5. The molecule has 0 amide bonds. The summed E-state index contributed by atoms with van der Waals surface area (Å²) in [4.78, 5) is 0. The molecule has 0 aromatic heterocycles. The second-order valence-corrected chi connectivity index (χ2v) is 3.31. The van der Waals surface area contributed by atoms with Crippen LogP contribution in [0.3, 0.4) is 0 Å². The topological polar surface area (TPSA) is 20.2 Å². The van der Waals surface area contributed by atoms with E-state index in [4.69, 9.17) is 11.6 Å². The van der Waals surface area contributed by atoms with Crippen LogP contribution in [-0.4, -0.2) is 10.4 Å². The molecule has 1 aromatic rings. The second-order valence-electron chi connectivity index (χ2n) is 2.23. The molecule has 1 rings (SSSR count). The van der Waals surface area contributed by atoms with Crippen molar-refractivity contribution in [3.63, 3.8) is 0 Å². The van der Waals surface area contributed by atoms with Crippen LogP contribution >= 0.6 is 27.5 Å². The predicted molar refractivity (Wildman–Crippen MR) is 50.2 cm³/mol. The number of aliphatic hydroxyl groups excluding tert-OH is 1. The predicted octanol–water partition coefficient (Wildman–Crippen LogP) is 2.77. The summed E-state index contributed by atoms with van der Waals surface area (Å²) in [5.41, 5.74) is 0.842. The Morgan fingerprint density at radius 1 is 1.55 bits per heavy atom. The molecule has 60 valence electrons. The van der Waals surface area contributed by atoms with E-state index in [1.807, 2.05) is 12.1 Å². The normalized spacial score (nSPS) is 13.0. The number of hydrogen-bond acceptors (Lipinski definition) is 1. The molecule has 0 fully saturated rings. The summed E-state index contributed by atoms with van der Waals surface area (Å²) in [6.45, 7) is 0. The fourth-order valence-electron chi connectivity index (χ4n) is 0.803. The molecule has 0 aliphatic carbocycles. The number of alkyl halides is 1. The Bertz CT molecular complexity index is 239. The van der Waals surface area contributed by atoms with Gasteiger partial charge in [0, 0.05) is 10.4 Å². The number of benzene rings is 1. The highest BCUT2D eigenvalue weighted by Crippen LogP contribution is 2.18. The molecular weight excluding hydrogens is 227 g/mol. The molecule has 0 aliphatic heterocycles. The third-order valence-electron chi connectivity index (χ3n) is 1.38. The van der Waals surface area contributed by atoms with E-state index in [1.165, 1.54) is 0 Å². The highest BCUT2D eigenvalue weighted by molar-refractivity contribution is 9.09. The van der Waals surface area contributed by atoms with E-state index in [2.05, 4.69) is 15.9 Å². The minimum Gasteiger partial charge on any atom is -0.388 e. The quantitative estimate of drug-likeness (QED) is 0.782. The van der Waals surface area contributed by atoms with E-state index in [9.17, 15) is 5.11 Å². The van der Waals surface area contributed by atoms with Gasteiger partial charge in [0.25, 0.3) is 0 Å². The van der Waals surface area contributed by atoms with E-state index in [0.29, 0.717) is 10.4 Å². The Morgan fingerprint density at radius 3 is 2.82 bits per heavy atom. The first-order valence-electron chi connectivity index (χ1n) is 3.23. The van der Waals surface area contributed by atoms with E-state index < -0.39 is 6.10 Å². The van der Waals surface area contributed by atoms with E-state index >= 15 is 0 Å². The van der Waals surface area contributed by atoms with E-state index in [0.717, 1.165) is 5.56 Å². The smallest absolute Gasteiger partial charge is 0.0887 e. The lowest BCUT2D eigenvalue weighted by Crippen LogP contribution is -1.97. The van der Waals surface area contributed by atoms with Gasteiger partial charge in [0.15, 0.2) is 0 Å². The molecule has 0 bridgehead atoms.